The smallest absolute Gasteiger partial charge is 0.314 e. The summed E-state index contributed by atoms with van der Waals surface area (Å²) in [5.41, 5.74) is 8.13. The van der Waals surface area contributed by atoms with Gasteiger partial charge in [0.2, 0.25) is 0 Å². The van der Waals surface area contributed by atoms with Crippen LogP contribution in [0.15, 0.2) is 29.4 Å². The van der Waals surface area contributed by atoms with Gasteiger partial charge in [0.05, 0.1) is 20.6 Å². The van der Waals surface area contributed by atoms with Crippen LogP contribution in [0.4, 0.5) is 4.79 Å². The van der Waals surface area contributed by atoms with Crippen molar-refractivity contribution < 1.29 is 23.9 Å². The molecule has 2 amide bonds. The average molecular weight is 767 g/mol. The van der Waals surface area contributed by atoms with Crippen LogP contribution in [0.1, 0.15) is 189 Å². The fourth-order valence-electron chi connectivity index (χ4n) is 4.87. The summed E-state index contributed by atoms with van der Waals surface area (Å²) in [6.07, 6.45) is 36.3. The van der Waals surface area contributed by atoms with E-state index in [0.29, 0.717) is 32.4 Å². The molecular formula is C42H82N6O6. The van der Waals surface area contributed by atoms with Crippen LogP contribution in [0.5, 0.6) is 0 Å². The van der Waals surface area contributed by atoms with Crippen molar-refractivity contribution in [1.29, 1.82) is 0 Å². The van der Waals surface area contributed by atoms with E-state index in [-0.39, 0.29) is 32.8 Å². The number of amides is 2. The molecule has 54 heavy (non-hydrogen) atoms. The number of azide groups is 1. The number of hydrogen-bond acceptors (Lipinski definition) is 7. The minimum absolute atomic E-state index is 0. The summed E-state index contributed by atoms with van der Waals surface area (Å²) in [5, 5.41) is 20.5. The molecule has 0 aromatic carbocycles. The van der Waals surface area contributed by atoms with E-state index in [1.54, 1.807) is 6.92 Å². The molecule has 0 aromatic rings. The molecule has 0 saturated heterocycles. The molecule has 12 heteroatoms. The van der Waals surface area contributed by atoms with Gasteiger partial charge >= 0.3 is 18.0 Å². The topological polar surface area (TPSA) is 170 Å². The number of allylic oxidation sites excluding steroid dienone is 4. The molecule has 0 rings (SSSR count). The van der Waals surface area contributed by atoms with Gasteiger partial charge in [0.25, 0.3) is 6.07 Å². The Bertz CT molecular complexity index is 974. The zero-order chi connectivity index (χ0) is 39.0. The lowest BCUT2D eigenvalue weighted by atomic mass is 10.1. The zero-order valence-electron chi connectivity index (χ0n) is 33.3. The molecule has 0 radical (unpaired) electrons. The SMILES string of the molecule is C.C.CCC#[N+][O-].CCNC(=O)NCCCC/C=C\CCCCCCCCCC(=O)OC.COC(=O)CCCCCCCCC/C=C\CCCCN=[N+]=[N-]. The molecule has 0 heterocycles. The summed E-state index contributed by atoms with van der Waals surface area (Å²) in [6, 6.07) is 2.11. The number of rotatable bonds is 31. The van der Waals surface area contributed by atoms with E-state index in [0.717, 1.165) is 70.8 Å². The predicted molar refractivity (Wildman–Crippen MR) is 229 cm³/mol. The quantitative estimate of drug-likeness (QED) is 0.0135. The van der Waals surface area contributed by atoms with Gasteiger partial charge in [-0.3, -0.25) is 9.59 Å². The van der Waals surface area contributed by atoms with Crippen LogP contribution < -0.4 is 10.6 Å². The van der Waals surface area contributed by atoms with Crippen LogP contribution >= 0.6 is 0 Å². The fraction of sp³-hybridized carbons (Fsp3) is 0.810. The molecule has 0 unspecified atom stereocenters. The molecule has 0 atom stereocenters. The second kappa shape index (κ2) is 56.0. The van der Waals surface area contributed by atoms with E-state index >= 15 is 0 Å². The lowest BCUT2D eigenvalue weighted by Crippen LogP contribution is -2.35. The number of carbonyl (C=O) groups excluding carboxylic acids is 3. The molecule has 2 N–H and O–H groups in total. The lowest BCUT2D eigenvalue weighted by Gasteiger charge is -2.04. The van der Waals surface area contributed by atoms with Crippen molar-refractivity contribution in [2.75, 3.05) is 33.9 Å². The monoisotopic (exact) mass is 767 g/mol. The molecule has 0 aliphatic rings. The molecule has 0 bridgehead atoms. The molecule has 316 valence electrons. The molecule has 0 aliphatic carbocycles. The Kier molecular flexibility index (Phi) is 61.8. The van der Waals surface area contributed by atoms with Gasteiger partial charge in [0, 0.05) is 42.4 Å². The summed E-state index contributed by atoms with van der Waals surface area (Å²) in [6.45, 7) is 5.76. The van der Waals surface area contributed by atoms with Crippen molar-refractivity contribution in [3.63, 3.8) is 0 Å². The number of carbonyl (C=O) groups is 3. The number of ether oxygens (including phenoxy) is 2. The third kappa shape index (κ3) is 60.4. The first-order valence-corrected chi connectivity index (χ1v) is 19.9. The summed E-state index contributed by atoms with van der Waals surface area (Å²) >= 11 is 0. The summed E-state index contributed by atoms with van der Waals surface area (Å²) in [7, 11) is 2.89. The van der Waals surface area contributed by atoms with E-state index < -0.39 is 0 Å². The van der Waals surface area contributed by atoms with Gasteiger partial charge in [-0.2, -0.15) is 0 Å². The molecule has 12 nitrogen and oxygen atoms in total. The molecule has 0 saturated carbocycles. The second-order valence-corrected chi connectivity index (χ2v) is 12.5. The first-order chi connectivity index (χ1) is 25.4. The first-order valence-electron chi connectivity index (χ1n) is 19.9. The normalized spacial score (nSPS) is 9.78. The number of methoxy groups -OCH3 is 2. The van der Waals surface area contributed by atoms with Crippen molar-refractivity contribution in [2.24, 2.45) is 5.11 Å². The van der Waals surface area contributed by atoms with Crippen LogP contribution in [0.2, 0.25) is 0 Å². The van der Waals surface area contributed by atoms with Crippen LogP contribution in [-0.2, 0) is 19.1 Å². The first kappa shape index (κ1) is 59.6. The van der Waals surface area contributed by atoms with Crippen molar-refractivity contribution in [1.82, 2.24) is 10.6 Å². The highest BCUT2D eigenvalue weighted by atomic mass is 16.5. The molecule has 0 aromatic heterocycles. The Hall–Kier alpha value is -3.71. The minimum atomic E-state index is -0.0930. The third-order valence-corrected chi connectivity index (χ3v) is 7.88. The molecule has 0 aliphatic heterocycles. The lowest BCUT2D eigenvalue weighted by molar-refractivity contribution is -0.141. The number of nitrogens with one attached hydrogen (secondary N) is 2. The molecule has 0 spiro atoms. The van der Waals surface area contributed by atoms with Gasteiger partial charge in [0.1, 0.15) is 0 Å². The maximum Gasteiger partial charge on any atom is 0.314 e. The Morgan fingerprint density at radius 3 is 1.37 bits per heavy atom. The summed E-state index contributed by atoms with van der Waals surface area (Å²) < 4.78 is 9.23. The Balaban J connectivity index is -0.000000256. The van der Waals surface area contributed by atoms with Gasteiger partial charge in [0.15, 0.2) is 0 Å². The standard InChI is InChI=1S/C20H38N2O3.C17H31N3O2.C3H5NO.2CH4/c1-3-21-20(24)22-18-16-14-12-10-8-6-4-5-7-9-11-13-15-17-19(23)25-2;1-22-17(21)15-13-11-9-7-5-3-2-4-6-8-10-12-14-16-19-20-18;1-2-3-4-5;;/h8,10H,3-7,9,11-18H2,1-2H3,(H2,21,22,24);6,8H,2-5,7,9-16H2,1H3;2H2,1H3;2*1H4/b10-8-;8-6-;;;. The number of hydrogen-bond donors (Lipinski definition) is 2. The van der Waals surface area contributed by atoms with E-state index in [9.17, 15) is 14.4 Å². The van der Waals surface area contributed by atoms with Crippen molar-refractivity contribution in [2.45, 2.75) is 189 Å². The summed E-state index contributed by atoms with van der Waals surface area (Å²) in [4.78, 5) is 35.8. The van der Waals surface area contributed by atoms with Crippen LogP contribution in [0.3, 0.4) is 0 Å². The van der Waals surface area contributed by atoms with Gasteiger partial charge < -0.3 is 25.3 Å². The highest BCUT2D eigenvalue weighted by Crippen LogP contribution is 2.12. The highest BCUT2D eigenvalue weighted by Gasteiger charge is 2.00. The van der Waals surface area contributed by atoms with Crippen LogP contribution in [-0.4, -0.2) is 51.8 Å². The number of unbranched alkanes of at least 4 members (excludes halogenated alkanes) is 18. The maximum atomic E-state index is 11.2. The number of urea groups is 1. The Morgan fingerprint density at radius 1 is 0.630 bits per heavy atom. The van der Waals surface area contributed by atoms with Gasteiger partial charge in [-0.15, -0.1) is 0 Å². The van der Waals surface area contributed by atoms with Crippen molar-refractivity contribution in [3.05, 3.63) is 45.0 Å². The number of nitrogens with zero attached hydrogens (tertiary/aromatic N) is 4. The van der Waals surface area contributed by atoms with Gasteiger partial charge in [-0.1, -0.05) is 108 Å². The third-order valence-electron chi connectivity index (χ3n) is 7.88. The fourth-order valence-corrected chi connectivity index (χ4v) is 4.87. The molecule has 0 fully saturated rings. The van der Waals surface area contributed by atoms with E-state index in [1.807, 2.05) is 6.92 Å². The predicted octanol–water partition coefficient (Wildman–Crippen LogP) is 12.9. The van der Waals surface area contributed by atoms with Crippen molar-refractivity contribution in [3.8, 4) is 6.07 Å². The van der Waals surface area contributed by atoms with Gasteiger partial charge in [-0.25, -0.2) is 4.79 Å². The Labute approximate surface area is 331 Å². The average Bonchev–Trinajstić information content (AvgIpc) is 3.15. The highest BCUT2D eigenvalue weighted by molar-refractivity contribution is 5.73. The van der Waals surface area contributed by atoms with E-state index in [4.69, 9.17) is 10.7 Å². The largest absolute Gasteiger partial charge is 0.498 e. The zero-order valence-corrected chi connectivity index (χ0v) is 33.3. The number of esters is 2. The van der Waals surface area contributed by atoms with Gasteiger partial charge in [-0.05, 0) is 96.4 Å². The van der Waals surface area contributed by atoms with Crippen molar-refractivity contribution >= 4 is 18.0 Å². The summed E-state index contributed by atoms with van der Waals surface area (Å²) in [5.74, 6) is -0.186. The Morgan fingerprint density at radius 2 is 1.02 bits per heavy atom. The minimum Gasteiger partial charge on any atom is -0.498 e. The second-order valence-electron chi connectivity index (χ2n) is 12.5. The van der Waals surface area contributed by atoms with Crippen LogP contribution in [0, 0.1) is 11.3 Å². The van der Waals surface area contributed by atoms with E-state index in [1.165, 1.54) is 91.3 Å². The van der Waals surface area contributed by atoms with Crippen LogP contribution in [0.25, 0.3) is 15.5 Å². The maximum absolute atomic E-state index is 11.2. The molecular weight excluding hydrogens is 684 g/mol. The van der Waals surface area contributed by atoms with E-state index in [2.05, 4.69) is 65.5 Å².